The average molecular weight is 348 g/mol. The lowest BCUT2D eigenvalue weighted by Gasteiger charge is -2.23. The Kier molecular flexibility index (Phi) is 5.66. The van der Waals surface area contributed by atoms with Crippen molar-refractivity contribution < 1.29 is 4.79 Å². The molecule has 0 radical (unpaired) electrons. The summed E-state index contributed by atoms with van der Waals surface area (Å²) in [6.45, 7) is 1.44. The van der Waals surface area contributed by atoms with Gasteiger partial charge in [-0.2, -0.15) is 11.8 Å². The maximum absolute atomic E-state index is 12.4. The maximum atomic E-state index is 12.4. The lowest BCUT2D eigenvalue weighted by atomic mass is 10.2. The zero-order valence-electron chi connectivity index (χ0n) is 12.3. The van der Waals surface area contributed by atoms with Gasteiger partial charge in [-0.05, 0) is 38.6 Å². The van der Waals surface area contributed by atoms with Crippen molar-refractivity contribution in [3.63, 3.8) is 0 Å². The standard InChI is InChI=1S/C14H19Cl2N3OS/c1-18(2)12-7-19(8-13(12)21-3)14(20)17-11-6-9(15)4-5-10(11)16/h4-6,12-13H,7-8H2,1-3H3,(H,17,20). The number of thioether (sulfide) groups is 1. The van der Waals surface area contributed by atoms with Gasteiger partial charge in [-0.25, -0.2) is 4.79 Å². The van der Waals surface area contributed by atoms with Crippen molar-refractivity contribution in [1.82, 2.24) is 9.80 Å². The SMILES string of the molecule is CSC1CN(C(=O)Nc2cc(Cl)ccc2Cl)CC1N(C)C. The highest BCUT2D eigenvalue weighted by molar-refractivity contribution is 7.99. The predicted molar refractivity (Wildman–Crippen MR) is 91.8 cm³/mol. The fraction of sp³-hybridized carbons (Fsp3) is 0.500. The highest BCUT2D eigenvalue weighted by Crippen LogP contribution is 2.28. The van der Waals surface area contributed by atoms with E-state index in [1.54, 1.807) is 30.0 Å². The molecule has 21 heavy (non-hydrogen) atoms. The van der Waals surface area contributed by atoms with Crippen molar-refractivity contribution in [2.45, 2.75) is 11.3 Å². The Bertz CT molecular complexity index is 527. The molecular formula is C14H19Cl2N3OS. The van der Waals surface area contributed by atoms with Crippen molar-refractivity contribution in [3.05, 3.63) is 28.2 Å². The van der Waals surface area contributed by atoms with Gasteiger partial charge in [0.1, 0.15) is 0 Å². The maximum Gasteiger partial charge on any atom is 0.321 e. The smallest absolute Gasteiger partial charge is 0.321 e. The number of likely N-dealkylation sites (N-methyl/N-ethyl adjacent to an activating group) is 1. The number of urea groups is 1. The molecule has 2 unspecified atom stereocenters. The Balaban J connectivity index is 2.06. The van der Waals surface area contributed by atoms with Crippen LogP contribution in [0.25, 0.3) is 0 Å². The van der Waals surface area contributed by atoms with E-state index in [1.807, 2.05) is 19.0 Å². The van der Waals surface area contributed by atoms with Crippen LogP contribution >= 0.6 is 35.0 Å². The minimum atomic E-state index is -0.137. The summed E-state index contributed by atoms with van der Waals surface area (Å²) in [5, 5.41) is 4.29. The van der Waals surface area contributed by atoms with Gasteiger partial charge in [0.25, 0.3) is 0 Å². The van der Waals surface area contributed by atoms with Gasteiger partial charge in [-0.15, -0.1) is 0 Å². The third-order valence-electron chi connectivity index (χ3n) is 3.66. The third-order valence-corrected chi connectivity index (χ3v) is 5.29. The minimum Gasteiger partial charge on any atom is -0.322 e. The molecular weight excluding hydrogens is 329 g/mol. The van der Waals surface area contributed by atoms with Gasteiger partial charge in [0.15, 0.2) is 0 Å². The van der Waals surface area contributed by atoms with E-state index in [9.17, 15) is 4.79 Å². The number of amides is 2. The number of benzene rings is 1. The Morgan fingerprint density at radius 3 is 2.67 bits per heavy atom. The highest BCUT2D eigenvalue weighted by Gasteiger charge is 2.36. The second kappa shape index (κ2) is 7.09. The van der Waals surface area contributed by atoms with Gasteiger partial charge in [0.05, 0.1) is 10.7 Å². The molecule has 1 aliphatic heterocycles. The van der Waals surface area contributed by atoms with Gasteiger partial charge in [0.2, 0.25) is 0 Å². The van der Waals surface area contributed by atoms with Gasteiger partial charge < -0.3 is 15.1 Å². The second-order valence-corrected chi connectivity index (χ2v) is 7.18. The number of nitrogens with zero attached hydrogens (tertiary/aromatic N) is 2. The van der Waals surface area contributed by atoms with E-state index in [4.69, 9.17) is 23.2 Å². The zero-order chi connectivity index (χ0) is 15.6. The molecule has 1 aliphatic rings. The molecule has 116 valence electrons. The Morgan fingerprint density at radius 1 is 1.38 bits per heavy atom. The van der Waals surface area contributed by atoms with Crippen molar-refractivity contribution in [3.8, 4) is 0 Å². The topological polar surface area (TPSA) is 35.6 Å². The fourth-order valence-corrected chi connectivity index (χ4v) is 3.75. The molecule has 2 rings (SSSR count). The van der Waals surface area contributed by atoms with E-state index < -0.39 is 0 Å². The molecule has 1 heterocycles. The predicted octanol–water partition coefficient (Wildman–Crippen LogP) is 3.50. The number of hydrogen-bond donors (Lipinski definition) is 1. The van der Waals surface area contributed by atoms with Crippen molar-refractivity contribution >= 4 is 46.7 Å². The molecule has 1 aromatic carbocycles. The number of rotatable bonds is 3. The van der Waals surface area contributed by atoms with Gasteiger partial charge in [-0.3, -0.25) is 0 Å². The first-order valence-electron chi connectivity index (χ1n) is 6.62. The molecule has 4 nitrogen and oxygen atoms in total. The van der Waals surface area contributed by atoms with Gasteiger partial charge in [0, 0.05) is 29.4 Å². The van der Waals surface area contributed by atoms with Crippen molar-refractivity contribution in [1.29, 1.82) is 0 Å². The first-order valence-corrected chi connectivity index (χ1v) is 8.67. The van der Waals surface area contributed by atoms with Crippen LogP contribution in [0.5, 0.6) is 0 Å². The molecule has 1 N–H and O–H groups in total. The number of carbonyl (C=O) groups is 1. The van der Waals surface area contributed by atoms with E-state index in [2.05, 4.69) is 16.5 Å². The van der Waals surface area contributed by atoms with E-state index >= 15 is 0 Å². The summed E-state index contributed by atoms with van der Waals surface area (Å²) in [6, 6.07) is 5.26. The van der Waals surface area contributed by atoms with Gasteiger partial charge in [-0.1, -0.05) is 23.2 Å². The minimum absolute atomic E-state index is 0.137. The summed E-state index contributed by atoms with van der Waals surface area (Å²) in [5.41, 5.74) is 0.545. The summed E-state index contributed by atoms with van der Waals surface area (Å²) in [5.74, 6) is 0. The lowest BCUT2D eigenvalue weighted by Crippen LogP contribution is -2.38. The Labute approximate surface area is 139 Å². The summed E-state index contributed by atoms with van der Waals surface area (Å²) in [4.78, 5) is 16.4. The molecule has 0 aromatic heterocycles. The number of nitrogens with one attached hydrogen (secondary N) is 1. The number of carbonyl (C=O) groups excluding carboxylic acids is 1. The molecule has 2 amide bonds. The number of hydrogen-bond acceptors (Lipinski definition) is 3. The Hall–Kier alpha value is -0.620. The molecule has 0 saturated carbocycles. The first kappa shape index (κ1) is 16.7. The monoisotopic (exact) mass is 347 g/mol. The molecule has 0 bridgehead atoms. The average Bonchev–Trinajstić information content (AvgIpc) is 2.87. The van der Waals surface area contributed by atoms with E-state index in [0.717, 1.165) is 6.54 Å². The highest BCUT2D eigenvalue weighted by atomic mass is 35.5. The number of likely N-dealkylation sites (tertiary alicyclic amines) is 1. The fourth-order valence-electron chi connectivity index (χ4n) is 2.44. The Morgan fingerprint density at radius 2 is 2.10 bits per heavy atom. The molecule has 0 spiro atoms. The summed E-state index contributed by atoms with van der Waals surface area (Å²) >= 11 is 13.8. The quantitative estimate of drug-likeness (QED) is 0.908. The largest absolute Gasteiger partial charge is 0.322 e. The van der Waals surface area contributed by atoms with Crippen LogP contribution in [0.2, 0.25) is 10.0 Å². The van der Waals surface area contributed by atoms with Crippen LogP contribution in [0, 0.1) is 0 Å². The molecule has 1 saturated heterocycles. The number of halogens is 2. The second-order valence-electron chi connectivity index (χ2n) is 5.26. The normalized spacial score (nSPS) is 21.9. The third kappa shape index (κ3) is 3.97. The van der Waals surface area contributed by atoms with Crippen LogP contribution < -0.4 is 5.32 Å². The summed E-state index contributed by atoms with van der Waals surface area (Å²) in [6.07, 6.45) is 2.08. The van der Waals surface area contributed by atoms with E-state index in [-0.39, 0.29) is 6.03 Å². The van der Waals surface area contributed by atoms with Crippen LogP contribution in [-0.4, -0.2) is 60.6 Å². The summed E-state index contributed by atoms with van der Waals surface area (Å²) in [7, 11) is 4.09. The summed E-state index contributed by atoms with van der Waals surface area (Å²) < 4.78 is 0. The van der Waals surface area contributed by atoms with Crippen molar-refractivity contribution in [2.24, 2.45) is 0 Å². The van der Waals surface area contributed by atoms with E-state index in [0.29, 0.717) is 33.6 Å². The molecule has 1 aromatic rings. The van der Waals surface area contributed by atoms with E-state index in [1.165, 1.54) is 0 Å². The first-order chi connectivity index (χ1) is 9.92. The molecule has 1 fully saturated rings. The number of anilines is 1. The molecule has 2 atom stereocenters. The van der Waals surface area contributed by atoms with Crippen molar-refractivity contribution in [2.75, 3.05) is 38.8 Å². The van der Waals surface area contributed by atoms with Crippen LogP contribution in [0.1, 0.15) is 0 Å². The van der Waals surface area contributed by atoms with Crippen LogP contribution in [0.3, 0.4) is 0 Å². The lowest BCUT2D eigenvalue weighted by molar-refractivity contribution is 0.216. The van der Waals surface area contributed by atoms with Gasteiger partial charge >= 0.3 is 6.03 Å². The van der Waals surface area contributed by atoms with Crippen LogP contribution in [-0.2, 0) is 0 Å². The molecule has 7 heteroatoms. The zero-order valence-corrected chi connectivity index (χ0v) is 14.6. The molecule has 0 aliphatic carbocycles. The van der Waals surface area contributed by atoms with Crippen LogP contribution in [0.15, 0.2) is 18.2 Å². The van der Waals surface area contributed by atoms with Crippen LogP contribution in [0.4, 0.5) is 10.5 Å².